The van der Waals surface area contributed by atoms with Crippen molar-refractivity contribution in [2.45, 2.75) is 27.7 Å². The van der Waals surface area contributed by atoms with E-state index in [0.29, 0.717) is 5.41 Å². The fourth-order valence-corrected chi connectivity index (χ4v) is 2.22. The van der Waals surface area contributed by atoms with Crippen LogP contribution in [-0.2, 0) is 0 Å². The van der Waals surface area contributed by atoms with Gasteiger partial charge in [-0.3, -0.25) is 0 Å². The van der Waals surface area contributed by atoms with Gasteiger partial charge in [-0.2, -0.15) is 0 Å². The average molecular weight is 170 g/mol. The highest BCUT2D eigenvalue weighted by molar-refractivity contribution is 4.91. The lowest BCUT2D eigenvalue weighted by Gasteiger charge is -2.45. The minimum Gasteiger partial charge on any atom is -0.304 e. The first-order chi connectivity index (χ1) is 5.59. The average Bonchev–Trinajstić information content (AvgIpc) is 2.05. The van der Waals surface area contributed by atoms with Crippen molar-refractivity contribution in [1.29, 1.82) is 0 Å². The van der Waals surface area contributed by atoms with Crippen LogP contribution in [0.25, 0.3) is 0 Å². The molecule has 0 unspecified atom stereocenters. The molecule has 2 nitrogen and oxygen atoms in total. The summed E-state index contributed by atoms with van der Waals surface area (Å²) in [5.41, 5.74) is 0.457. The number of nitrogens with one attached hydrogen (secondary N) is 2. The van der Waals surface area contributed by atoms with Crippen molar-refractivity contribution in [3.63, 3.8) is 0 Å². The Bertz CT molecular complexity index is 125. The molecule has 2 heteroatoms. The second-order valence-electron chi connectivity index (χ2n) is 4.57. The zero-order valence-electron chi connectivity index (χ0n) is 8.78. The third kappa shape index (κ3) is 1.64. The van der Waals surface area contributed by atoms with E-state index in [-0.39, 0.29) is 0 Å². The van der Waals surface area contributed by atoms with Gasteiger partial charge in [0, 0.05) is 19.8 Å². The summed E-state index contributed by atoms with van der Waals surface area (Å²) < 4.78 is 0. The summed E-state index contributed by atoms with van der Waals surface area (Å²) in [6, 6.07) is 0. The van der Waals surface area contributed by atoms with Crippen LogP contribution >= 0.6 is 0 Å². The largest absolute Gasteiger partial charge is 0.304 e. The first kappa shape index (κ1) is 10.0. The third-order valence-corrected chi connectivity index (χ3v) is 3.46. The smallest absolute Gasteiger partial charge is 0.0454 e. The summed E-state index contributed by atoms with van der Waals surface area (Å²) >= 11 is 0. The molecule has 0 aromatic carbocycles. The summed E-state index contributed by atoms with van der Waals surface area (Å²) in [6.07, 6.45) is 0. The second-order valence-corrected chi connectivity index (χ2v) is 4.57. The van der Waals surface area contributed by atoms with Crippen molar-refractivity contribution >= 4 is 0 Å². The molecule has 0 saturated carbocycles. The van der Waals surface area contributed by atoms with Crippen molar-refractivity contribution in [3.05, 3.63) is 0 Å². The van der Waals surface area contributed by atoms with Gasteiger partial charge in [-0.25, -0.2) is 0 Å². The van der Waals surface area contributed by atoms with Gasteiger partial charge in [0.15, 0.2) is 0 Å². The van der Waals surface area contributed by atoms with Crippen LogP contribution in [0.5, 0.6) is 0 Å². The van der Waals surface area contributed by atoms with E-state index >= 15 is 0 Å². The highest BCUT2D eigenvalue weighted by Gasteiger charge is 2.37. The zero-order valence-corrected chi connectivity index (χ0v) is 8.78. The number of hydrogen-bond acceptors (Lipinski definition) is 2. The topological polar surface area (TPSA) is 24.1 Å². The highest BCUT2D eigenvalue weighted by Crippen LogP contribution is 2.35. The molecule has 0 aliphatic carbocycles. The van der Waals surface area contributed by atoms with Gasteiger partial charge in [-0.05, 0) is 17.3 Å². The van der Waals surface area contributed by atoms with Crippen molar-refractivity contribution in [2.24, 2.45) is 17.3 Å². The van der Waals surface area contributed by atoms with Gasteiger partial charge in [-0.15, -0.1) is 0 Å². The lowest BCUT2D eigenvalue weighted by molar-refractivity contribution is 0.0837. The zero-order chi connectivity index (χ0) is 9.19. The maximum Gasteiger partial charge on any atom is 0.0454 e. The Kier molecular flexibility index (Phi) is 3.13. The normalized spacial score (nSPS) is 23.5. The SMILES string of the molecule is CC(C)C1(C(C)C)CNCNC1. The minimum atomic E-state index is 0.457. The first-order valence-corrected chi connectivity index (χ1v) is 5.01. The molecule has 0 radical (unpaired) electrons. The van der Waals surface area contributed by atoms with E-state index in [2.05, 4.69) is 38.3 Å². The minimum absolute atomic E-state index is 0.457. The Hall–Kier alpha value is -0.0800. The predicted molar refractivity (Wildman–Crippen MR) is 53.0 cm³/mol. The van der Waals surface area contributed by atoms with Crippen LogP contribution in [0.2, 0.25) is 0 Å². The third-order valence-electron chi connectivity index (χ3n) is 3.46. The van der Waals surface area contributed by atoms with Gasteiger partial charge in [-0.1, -0.05) is 27.7 Å². The van der Waals surface area contributed by atoms with Crippen LogP contribution in [0.4, 0.5) is 0 Å². The Balaban J connectivity index is 2.70. The Labute approximate surface area is 76.1 Å². The van der Waals surface area contributed by atoms with Crippen LogP contribution < -0.4 is 10.6 Å². The Morgan fingerprint density at radius 1 is 0.917 bits per heavy atom. The van der Waals surface area contributed by atoms with Gasteiger partial charge >= 0.3 is 0 Å². The molecule has 1 saturated heterocycles. The Morgan fingerprint density at radius 3 is 1.58 bits per heavy atom. The van der Waals surface area contributed by atoms with Gasteiger partial charge in [0.25, 0.3) is 0 Å². The van der Waals surface area contributed by atoms with E-state index in [0.717, 1.165) is 31.6 Å². The summed E-state index contributed by atoms with van der Waals surface area (Å²) in [5.74, 6) is 1.50. The van der Waals surface area contributed by atoms with E-state index in [1.807, 2.05) is 0 Å². The van der Waals surface area contributed by atoms with E-state index < -0.39 is 0 Å². The van der Waals surface area contributed by atoms with Gasteiger partial charge in [0.05, 0.1) is 0 Å². The highest BCUT2D eigenvalue weighted by atomic mass is 15.1. The van der Waals surface area contributed by atoms with E-state index in [1.54, 1.807) is 0 Å². The molecular weight excluding hydrogens is 148 g/mol. The molecule has 0 amide bonds. The van der Waals surface area contributed by atoms with Crippen molar-refractivity contribution in [1.82, 2.24) is 10.6 Å². The van der Waals surface area contributed by atoms with Crippen molar-refractivity contribution in [2.75, 3.05) is 19.8 Å². The fourth-order valence-electron chi connectivity index (χ4n) is 2.22. The van der Waals surface area contributed by atoms with Crippen molar-refractivity contribution < 1.29 is 0 Å². The van der Waals surface area contributed by atoms with Crippen LogP contribution in [-0.4, -0.2) is 19.8 Å². The molecule has 72 valence electrons. The van der Waals surface area contributed by atoms with Crippen LogP contribution in [0.15, 0.2) is 0 Å². The van der Waals surface area contributed by atoms with E-state index in [9.17, 15) is 0 Å². The molecule has 2 N–H and O–H groups in total. The summed E-state index contributed by atoms with van der Waals surface area (Å²) in [5, 5.41) is 6.85. The standard InChI is InChI=1S/C10H22N2/c1-8(2)10(9(3)4)5-11-7-12-6-10/h8-9,11-12H,5-7H2,1-4H3. The molecular formula is C10H22N2. The van der Waals surface area contributed by atoms with Crippen LogP contribution in [0.1, 0.15) is 27.7 Å². The molecule has 1 aliphatic rings. The molecule has 1 aliphatic heterocycles. The van der Waals surface area contributed by atoms with Crippen LogP contribution in [0, 0.1) is 17.3 Å². The van der Waals surface area contributed by atoms with Gasteiger partial charge < -0.3 is 10.6 Å². The first-order valence-electron chi connectivity index (χ1n) is 5.01. The second kappa shape index (κ2) is 3.75. The molecule has 0 aromatic heterocycles. The fraction of sp³-hybridized carbons (Fsp3) is 1.00. The maximum atomic E-state index is 3.43. The molecule has 0 atom stereocenters. The van der Waals surface area contributed by atoms with E-state index in [1.165, 1.54) is 0 Å². The molecule has 0 bridgehead atoms. The molecule has 1 rings (SSSR count). The lowest BCUT2D eigenvalue weighted by Crippen LogP contribution is -2.56. The Morgan fingerprint density at radius 2 is 1.33 bits per heavy atom. The molecule has 1 fully saturated rings. The summed E-state index contributed by atoms with van der Waals surface area (Å²) in [4.78, 5) is 0. The van der Waals surface area contributed by atoms with Crippen molar-refractivity contribution in [3.8, 4) is 0 Å². The molecule has 0 spiro atoms. The molecule has 0 aromatic rings. The monoisotopic (exact) mass is 170 g/mol. The van der Waals surface area contributed by atoms with E-state index in [4.69, 9.17) is 0 Å². The summed E-state index contributed by atoms with van der Waals surface area (Å²) in [7, 11) is 0. The quantitative estimate of drug-likeness (QED) is 0.655. The predicted octanol–water partition coefficient (Wildman–Crippen LogP) is 1.44. The van der Waals surface area contributed by atoms with Gasteiger partial charge in [0.2, 0.25) is 0 Å². The maximum absolute atomic E-state index is 3.43. The number of rotatable bonds is 2. The van der Waals surface area contributed by atoms with Crippen LogP contribution in [0.3, 0.4) is 0 Å². The van der Waals surface area contributed by atoms with Gasteiger partial charge in [0.1, 0.15) is 0 Å². The molecule has 1 heterocycles. The molecule has 12 heavy (non-hydrogen) atoms. The number of hydrogen-bond donors (Lipinski definition) is 2. The summed E-state index contributed by atoms with van der Waals surface area (Å²) in [6.45, 7) is 12.6. The lowest BCUT2D eigenvalue weighted by atomic mass is 9.68.